The van der Waals surface area contributed by atoms with Gasteiger partial charge < -0.3 is 15.0 Å². The Kier molecular flexibility index (Phi) is 7.99. The first kappa shape index (κ1) is 20.7. The van der Waals surface area contributed by atoms with Crippen LogP contribution in [0.2, 0.25) is 0 Å². The summed E-state index contributed by atoms with van der Waals surface area (Å²) < 4.78 is 28.3. The molecule has 1 aliphatic heterocycles. The van der Waals surface area contributed by atoms with Gasteiger partial charge in [-0.2, -0.15) is 0 Å². The largest absolute Gasteiger partial charge is 0.493 e. The third-order valence-electron chi connectivity index (χ3n) is 4.09. The van der Waals surface area contributed by atoms with Gasteiger partial charge in [0.25, 0.3) is 0 Å². The van der Waals surface area contributed by atoms with Crippen LogP contribution in [-0.2, 0) is 14.6 Å². The minimum Gasteiger partial charge on any atom is -0.493 e. The average Bonchev–Trinajstić information content (AvgIpc) is 2.54. The van der Waals surface area contributed by atoms with Gasteiger partial charge in [-0.25, -0.2) is 8.42 Å². The predicted octanol–water partition coefficient (Wildman–Crippen LogP) is 1.49. The topological polar surface area (TPSA) is 75.7 Å². The standard InChI is InChI=1S/C16H24N2O4S.ClH/c1-18(13-7-10-17-11-8-13)16(19)9-12-22-14-3-5-15(6-4-14)23(2,20)21;/h3-6,13,17H,7-12H2,1-2H3;1H. The summed E-state index contributed by atoms with van der Waals surface area (Å²) >= 11 is 0. The number of hydrogen-bond donors (Lipinski definition) is 1. The van der Waals surface area contributed by atoms with Crippen molar-refractivity contribution in [2.24, 2.45) is 0 Å². The molecule has 0 atom stereocenters. The lowest BCUT2D eigenvalue weighted by molar-refractivity contribution is -0.132. The van der Waals surface area contributed by atoms with Gasteiger partial charge in [0, 0.05) is 19.3 Å². The predicted molar refractivity (Wildman–Crippen MR) is 95.6 cm³/mol. The average molecular weight is 377 g/mol. The Morgan fingerprint density at radius 3 is 2.38 bits per heavy atom. The molecule has 1 fully saturated rings. The van der Waals surface area contributed by atoms with Crippen LogP contribution in [-0.4, -0.2) is 58.3 Å². The lowest BCUT2D eigenvalue weighted by Gasteiger charge is -2.31. The molecule has 1 saturated heterocycles. The van der Waals surface area contributed by atoms with Crippen LogP contribution >= 0.6 is 12.4 Å². The van der Waals surface area contributed by atoms with Gasteiger partial charge in [0.15, 0.2) is 9.84 Å². The van der Waals surface area contributed by atoms with Crippen molar-refractivity contribution in [1.82, 2.24) is 10.2 Å². The second-order valence-electron chi connectivity index (χ2n) is 5.83. The monoisotopic (exact) mass is 376 g/mol. The molecular formula is C16H25ClN2O4S. The Hall–Kier alpha value is -1.31. The summed E-state index contributed by atoms with van der Waals surface area (Å²) in [5, 5.41) is 3.28. The van der Waals surface area contributed by atoms with Crippen LogP contribution in [0.5, 0.6) is 5.75 Å². The summed E-state index contributed by atoms with van der Waals surface area (Å²) in [5.74, 6) is 0.638. The maximum absolute atomic E-state index is 12.2. The number of carbonyl (C=O) groups is 1. The molecule has 2 rings (SSSR count). The molecule has 136 valence electrons. The molecule has 0 aliphatic carbocycles. The molecule has 0 aromatic heterocycles. The SMILES string of the molecule is CN(C(=O)CCOc1ccc(S(C)(=O)=O)cc1)C1CCNCC1.Cl. The zero-order valence-corrected chi connectivity index (χ0v) is 15.7. The van der Waals surface area contributed by atoms with Crippen LogP contribution in [0.1, 0.15) is 19.3 Å². The molecule has 0 saturated carbocycles. The van der Waals surface area contributed by atoms with Crippen molar-refractivity contribution in [1.29, 1.82) is 0 Å². The van der Waals surface area contributed by atoms with Crippen LogP contribution < -0.4 is 10.1 Å². The Balaban J connectivity index is 0.00000288. The normalized spacial score (nSPS) is 15.4. The van der Waals surface area contributed by atoms with Gasteiger partial charge in [0.2, 0.25) is 5.91 Å². The highest BCUT2D eigenvalue weighted by atomic mass is 35.5. The number of rotatable bonds is 6. The molecule has 1 heterocycles. The zero-order valence-electron chi connectivity index (χ0n) is 14.0. The van der Waals surface area contributed by atoms with Gasteiger partial charge in [-0.1, -0.05) is 0 Å². The number of nitrogens with one attached hydrogen (secondary N) is 1. The second-order valence-corrected chi connectivity index (χ2v) is 7.84. The van der Waals surface area contributed by atoms with Crippen molar-refractivity contribution < 1.29 is 17.9 Å². The summed E-state index contributed by atoms with van der Waals surface area (Å²) in [6.45, 7) is 2.18. The van der Waals surface area contributed by atoms with Crippen LogP contribution in [0, 0.1) is 0 Å². The molecule has 1 aromatic carbocycles. The van der Waals surface area contributed by atoms with Gasteiger partial charge >= 0.3 is 0 Å². The van der Waals surface area contributed by atoms with Crippen LogP contribution in [0.3, 0.4) is 0 Å². The van der Waals surface area contributed by atoms with Gasteiger partial charge in [0.1, 0.15) is 5.75 Å². The number of carbonyl (C=O) groups excluding carboxylic acids is 1. The third kappa shape index (κ3) is 5.96. The zero-order chi connectivity index (χ0) is 16.9. The fourth-order valence-corrected chi connectivity index (χ4v) is 3.24. The molecule has 6 nitrogen and oxygen atoms in total. The summed E-state index contributed by atoms with van der Waals surface area (Å²) in [6, 6.07) is 6.54. The minimum absolute atomic E-state index is 0. The quantitative estimate of drug-likeness (QED) is 0.814. The number of amides is 1. The maximum atomic E-state index is 12.2. The molecule has 1 aromatic rings. The van der Waals surface area contributed by atoms with E-state index in [1.807, 2.05) is 11.9 Å². The molecule has 8 heteroatoms. The molecule has 0 spiro atoms. The number of hydrogen-bond acceptors (Lipinski definition) is 5. The summed E-state index contributed by atoms with van der Waals surface area (Å²) in [5.41, 5.74) is 0. The number of piperidine rings is 1. The van der Waals surface area contributed by atoms with Crippen molar-refractivity contribution in [3.8, 4) is 5.75 Å². The van der Waals surface area contributed by atoms with Gasteiger partial charge in [0.05, 0.1) is 17.9 Å². The summed E-state index contributed by atoms with van der Waals surface area (Å²) in [4.78, 5) is 14.2. The molecule has 1 amide bonds. The smallest absolute Gasteiger partial charge is 0.225 e. The number of halogens is 1. The molecule has 1 N–H and O–H groups in total. The van der Waals surface area contributed by atoms with E-state index >= 15 is 0 Å². The molecule has 24 heavy (non-hydrogen) atoms. The highest BCUT2D eigenvalue weighted by Gasteiger charge is 2.21. The molecule has 0 bridgehead atoms. The first-order chi connectivity index (χ1) is 10.9. The van der Waals surface area contributed by atoms with E-state index in [0.717, 1.165) is 32.2 Å². The van der Waals surface area contributed by atoms with Gasteiger partial charge in [-0.05, 0) is 50.2 Å². The maximum Gasteiger partial charge on any atom is 0.225 e. The molecular weight excluding hydrogens is 352 g/mol. The third-order valence-corrected chi connectivity index (χ3v) is 5.21. The highest BCUT2D eigenvalue weighted by Crippen LogP contribution is 2.16. The Bertz CT molecular complexity index is 628. The van der Waals surface area contributed by atoms with Crippen molar-refractivity contribution in [2.75, 3.05) is 33.0 Å². The van der Waals surface area contributed by atoms with Crippen molar-refractivity contribution in [2.45, 2.75) is 30.2 Å². The summed E-state index contributed by atoms with van der Waals surface area (Å²) in [6.07, 6.45) is 3.44. The van der Waals surface area contributed by atoms with Crippen LogP contribution in [0.4, 0.5) is 0 Å². The lowest BCUT2D eigenvalue weighted by atomic mass is 10.1. The first-order valence-corrected chi connectivity index (χ1v) is 9.66. The van der Waals surface area contributed by atoms with E-state index in [1.54, 1.807) is 12.1 Å². The van der Waals surface area contributed by atoms with Crippen molar-refractivity contribution >= 4 is 28.2 Å². The first-order valence-electron chi connectivity index (χ1n) is 7.77. The number of ether oxygens (including phenoxy) is 1. The van der Waals surface area contributed by atoms with Gasteiger partial charge in [-0.15, -0.1) is 12.4 Å². The second kappa shape index (κ2) is 9.25. The molecule has 1 aliphatic rings. The Morgan fingerprint density at radius 1 is 1.25 bits per heavy atom. The molecule has 0 unspecified atom stereocenters. The van der Waals surface area contributed by atoms with E-state index in [0.29, 0.717) is 18.2 Å². The Labute approximate surface area is 149 Å². The Morgan fingerprint density at radius 2 is 1.83 bits per heavy atom. The number of sulfone groups is 1. The van der Waals surface area contributed by atoms with E-state index in [-0.39, 0.29) is 29.8 Å². The molecule has 0 radical (unpaired) electrons. The van der Waals surface area contributed by atoms with E-state index in [9.17, 15) is 13.2 Å². The fourth-order valence-electron chi connectivity index (χ4n) is 2.61. The fraction of sp³-hybridized carbons (Fsp3) is 0.562. The lowest BCUT2D eigenvalue weighted by Crippen LogP contribution is -2.44. The number of nitrogens with zero attached hydrogens (tertiary/aromatic N) is 1. The highest BCUT2D eigenvalue weighted by molar-refractivity contribution is 7.90. The van der Waals surface area contributed by atoms with E-state index in [2.05, 4.69) is 5.32 Å². The van der Waals surface area contributed by atoms with E-state index in [4.69, 9.17) is 4.74 Å². The summed E-state index contributed by atoms with van der Waals surface area (Å²) in [7, 11) is -1.35. The van der Waals surface area contributed by atoms with E-state index < -0.39 is 9.84 Å². The van der Waals surface area contributed by atoms with Crippen molar-refractivity contribution in [3.05, 3.63) is 24.3 Å². The van der Waals surface area contributed by atoms with Crippen molar-refractivity contribution in [3.63, 3.8) is 0 Å². The van der Waals surface area contributed by atoms with Gasteiger partial charge in [-0.3, -0.25) is 4.79 Å². The minimum atomic E-state index is -3.20. The number of benzene rings is 1. The van der Waals surface area contributed by atoms with Crippen LogP contribution in [0.15, 0.2) is 29.2 Å². The van der Waals surface area contributed by atoms with Crippen LogP contribution in [0.25, 0.3) is 0 Å². The van der Waals surface area contributed by atoms with E-state index in [1.165, 1.54) is 12.1 Å².